The molecule has 0 saturated heterocycles. The highest BCUT2D eigenvalue weighted by atomic mass is 32.2. The van der Waals surface area contributed by atoms with E-state index in [2.05, 4.69) is 21.0 Å². The average Bonchev–Trinajstić information content (AvgIpc) is 3.07. The number of rotatable bonds is 5. The topological polar surface area (TPSA) is 64.7 Å². The van der Waals surface area contributed by atoms with Crippen LogP contribution in [-0.2, 0) is 5.75 Å². The maximum Gasteiger partial charge on any atom is 0.190 e. The molecule has 0 bridgehead atoms. The zero-order chi connectivity index (χ0) is 15.4. The highest BCUT2D eigenvalue weighted by molar-refractivity contribution is 7.99. The molecule has 0 aliphatic heterocycles. The molecule has 1 fully saturated rings. The second kappa shape index (κ2) is 7.33. The monoisotopic (exact) mass is 332 g/mol. The number of pyridine rings is 1. The molecule has 4 nitrogen and oxygen atoms in total. The number of anilines is 1. The summed E-state index contributed by atoms with van der Waals surface area (Å²) in [4.78, 5) is 13.5. The smallest absolute Gasteiger partial charge is 0.190 e. The SMILES string of the molecule is CSc1cc(N)nc(SCc2cccnc2C2CCCC2)n1. The summed E-state index contributed by atoms with van der Waals surface area (Å²) >= 11 is 3.22. The summed E-state index contributed by atoms with van der Waals surface area (Å²) in [7, 11) is 0. The van der Waals surface area contributed by atoms with Gasteiger partial charge in [-0.2, -0.15) is 0 Å². The third kappa shape index (κ3) is 3.73. The molecular weight excluding hydrogens is 312 g/mol. The molecule has 2 heterocycles. The van der Waals surface area contributed by atoms with Gasteiger partial charge in [-0.05, 0) is 30.7 Å². The van der Waals surface area contributed by atoms with Crippen LogP contribution in [0.25, 0.3) is 0 Å². The van der Waals surface area contributed by atoms with Gasteiger partial charge in [0.15, 0.2) is 5.16 Å². The lowest BCUT2D eigenvalue weighted by atomic mass is 9.99. The Labute approximate surface area is 139 Å². The second-order valence-electron chi connectivity index (χ2n) is 5.44. The molecule has 0 unspecified atom stereocenters. The molecule has 0 spiro atoms. The Bertz CT molecular complexity index is 642. The van der Waals surface area contributed by atoms with E-state index in [0.29, 0.717) is 11.7 Å². The first-order valence-corrected chi connectivity index (χ1v) is 9.72. The summed E-state index contributed by atoms with van der Waals surface area (Å²) in [6.45, 7) is 0. The van der Waals surface area contributed by atoms with Gasteiger partial charge in [-0.1, -0.05) is 30.7 Å². The number of hydrogen-bond acceptors (Lipinski definition) is 6. The second-order valence-corrected chi connectivity index (χ2v) is 7.20. The molecule has 3 rings (SSSR count). The molecule has 116 valence electrons. The van der Waals surface area contributed by atoms with Gasteiger partial charge in [-0.25, -0.2) is 9.97 Å². The van der Waals surface area contributed by atoms with Gasteiger partial charge in [-0.3, -0.25) is 4.98 Å². The zero-order valence-corrected chi connectivity index (χ0v) is 14.3. The van der Waals surface area contributed by atoms with E-state index in [-0.39, 0.29) is 0 Å². The highest BCUT2D eigenvalue weighted by Gasteiger charge is 2.21. The van der Waals surface area contributed by atoms with E-state index in [0.717, 1.165) is 15.9 Å². The lowest BCUT2D eigenvalue weighted by molar-refractivity contribution is 0.690. The first-order chi connectivity index (χ1) is 10.8. The predicted molar refractivity (Wildman–Crippen MR) is 93.2 cm³/mol. The van der Waals surface area contributed by atoms with Gasteiger partial charge >= 0.3 is 0 Å². The normalized spacial score (nSPS) is 15.3. The van der Waals surface area contributed by atoms with Gasteiger partial charge in [0.2, 0.25) is 0 Å². The molecule has 0 radical (unpaired) electrons. The van der Waals surface area contributed by atoms with Gasteiger partial charge in [0.25, 0.3) is 0 Å². The minimum atomic E-state index is 0.532. The average molecular weight is 332 g/mol. The Morgan fingerprint density at radius 2 is 2.09 bits per heavy atom. The Hall–Kier alpha value is -1.27. The van der Waals surface area contributed by atoms with E-state index in [1.54, 1.807) is 23.5 Å². The Kier molecular flexibility index (Phi) is 5.20. The molecule has 2 aromatic heterocycles. The van der Waals surface area contributed by atoms with Crippen LogP contribution in [0.1, 0.15) is 42.9 Å². The van der Waals surface area contributed by atoms with Crippen molar-refractivity contribution in [2.24, 2.45) is 0 Å². The number of aromatic nitrogens is 3. The number of nitrogen functional groups attached to an aromatic ring is 1. The van der Waals surface area contributed by atoms with Crippen molar-refractivity contribution < 1.29 is 0 Å². The largest absolute Gasteiger partial charge is 0.384 e. The molecule has 2 N–H and O–H groups in total. The van der Waals surface area contributed by atoms with Gasteiger partial charge in [0.05, 0.1) is 0 Å². The van der Waals surface area contributed by atoms with Crippen LogP contribution in [0.5, 0.6) is 0 Å². The first kappa shape index (κ1) is 15.6. The molecule has 0 aromatic carbocycles. The van der Waals surface area contributed by atoms with Crippen LogP contribution in [-0.4, -0.2) is 21.2 Å². The molecule has 1 aliphatic carbocycles. The van der Waals surface area contributed by atoms with Crippen LogP contribution in [0.2, 0.25) is 0 Å². The van der Waals surface area contributed by atoms with Crippen molar-refractivity contribution in [2.45, 2.75) is 47.5 Å². The Balaban J connectivity index is 1.75. The molecule has 1 aliphatic rings. The summed E-state index contributed by atoms with van der Waals surface area (Å²) in [6.07, 6.45) is 9.08. The number of nitrogens with zero attached hydrogens (tertiary/aromatic N) is 3. The van der Waals surface area contributed by atoms with Crippen molar-refractivity contribution in [3.05, 3.63) is 35.7 Å². The molecule has 0 atom stereocenters. The van der Waals surface area contributed by atoms with E-state index in [1.807, 2.05) is 24.6 Å². The summed E-state index contributed by atoms with van der Waals surface area (Å²) in [5.74, 6) is 2.00. The molecule has 0 amide bonds. The maximum absolute atomic E-state index is 5.84. The van der Waals surface area contributed by atoms with E-state index in [9.17, 15) is 0 Å². The fourth-order valence-corrected chi connectivity index (χ4v) is 4.21. The Morgan fingerprint density at radius 1 is 1.27 bits per heavy atom. The van der Waals surface area contributed by atoms with E-state index in [4.69, 9.17) is 5.73 Å². The minimum absolute atomic E-state index is 0.532. The number of thioether (sulfide) groups is 2. The standard InChI is InChI=1S/C16H20N4S2/c1-21-14-9-13(17)19-16(20-14)22-10-12-7-4-8-18-15(12)11-5-2-3-6-11/h4,7-9,11H,2-3,5-6,10H2,1H3,(H2,17,19,20). The number of nitrogens with two attached hydrogens (primary N) is 1. The van der Waals surface area contributed by atoms with Crippen LogP contribution < -0.4 is 5.73 Å². The highest BCUT2D eigenvalue weighted by Crippen LogP contribution is 2.36. The van der Waals surface area contributed by atoms with Crippen LogP contribution in [0.3, 0.4) is 0 Å². The summed E-state index contributed by atoms with van der Waals surface area (Å²) in [6, 6.07) is 6.00. The molecule has 2 aromatic rings. The third-order valence-electron chi connectivity index (χ3n) is 3.94. The van der Waals surface area contributed by atoms with Gasteiger partial charge in [-0.15, -0.1) is 11.8 Å². The summed E-state index contributed by atoms with van der Waals surface area (Å²) < 4.78 is 0. The quantitative estimate of drug-likeness (QED) is 0.504. The van der Waals surface area contributed by atoms with Crippen LogP contribution in [0.4, 0.5) is 5.82 Å². The minimum Gasteiger partial charge on any atom is -0.384 e. The molecule has 1 saturated carbocycles. The van der Waals surface area contributed by atoms with E-state index in [1.165, 1.54) is 36.9 Å². The molecule has 6 heteroatoms. The fourth-order valence-electron chi connectivity index (χ4n) is 2.87. The Morgan fingerprint density at radius 3 is 2.86 bits per heavy atom. The van der Waals surface area contributed by atoms with E-state index >= 15 is 0 Å². The maximum atomic E-state index is 5.84. The lowest BCUT2D eigenvalue weighted by Crippen LogP contribution is -2.02. The third-order valence-corrected chi connectivity index (χ3v) is 5.46. The first-order valence-electron chi connectivity index (χ1n) is 7.51. The van der Waals surface area contributed by atoms with Gasteiger partial charge in [0, 0.05) is 29.6 Å². The lowest BCUT2D eigenvalue weighted by Gasteiger charge is -2.13. The van der Waals surface area contributed by atoms with Crippen molar-refractivity contribution in [2.75, 3.05) is 12.0 Å². The van der Waals surface area contributed by atoms with Crippen LogP contribution >= 0.6 is 23.5 Å². The fraction of sp³-hybridized carbons (Fsp3) is 0.438. The van der Waals surface area contributed by atoms with Crippen molar-refractivity contribution in [3.8, 4) is 0 Å². The number of hydrogen-bond donors (Lipinski definition) is 1. The summed E-state index contributed by atoms with van der Waals surface area (Å²) in [5, 5.41) is 1.66. The van der Waals surface area contributed by atoms with Crippen molar-refractivity contribution in [1.82, 2.24) is 15.0 Å². The zero-order valence-electron chi connectivity index (χ0n) is 12.7. The van der Waals surface area contributed by atoms with Gasteiger partial charge in [0.1, 0.15) is 10.8 Å². The van der Waals surface area contributed by atoms with Crippen molar-refractivity contribution in [1.29, 1.82) is 0 Å². The predicted octanol–water partition coefficient (Wildman–Crippen LogP) is 4.13. The van der Waals surface area contributed by atoms with E-state index < -0.39 is 0 Å². The van der Waals surface area contributed by atoms with Crippen LogP contribution in [0.15, 0.2) is 34.6 Å². The van der Waals surface area contributed by atoms with Gasteiger partial charge < -0.3 is 5.73 Å². The summed E-state index contributed by atoms with van der Waals surface area (Å²) in [5.41, 5.74) is 8.41. The van der Waals surface area contributed by atoms with Crippen molar-refractivity contribution in [3.63, 3.8) is 0 Å². The molecular formula is C16H20N4S2. The molecule has 22 heavy (non-hydrogen) atoms. The van der Waals surface area contributed by atoms with Crippen molar-refractivity contribution >= 4 is 29.3 Å². The van der Waals surface area contributed by atoms with Crippen LogP contribution in [0, 0.1) is 0 Å².